The molecular formula is C18H24N4O2. The zero-order valence-electron chi connectivity index (χ0n) is 14.2. The molecule has 0 aromatic heterocycles. The van der Waals surface area contributed by atoms with Gasteiger partial charge >= 0.3 is 0 Å². The van der Waals surface area contributed by atoms with Crippen LogP contribution in [0.3, 0.4) is 0 Å². The summed E-state index contributed by atoms with van der Waals surface area (Å²) in [6.45, 7) is 6.07. The second kappa shape index (κ2) is 9.00. The number of nitrogens with two attached hydrogens (primary N) is 2. The molecule has 2 aromatic carbocycles. The number of nitrogen functional groups attached to an aromatic ring is 2. The highest BCUT2D eigenvalue weighted by Gasteiger charge is 2.05. The van der Waals surface area contributed by atoms with Crippen LogP contribution in [-0.2, 0) is 22.7 Å². The van der Waals surface area contributed by atoms with Crippen molar-refractivity contribution in [1.29, 1.82) is 0 Å². The lowest BCUT2D eigenvalue weighted by molar-refractivity contribution is 0.134. The van der Waals surface area contributed by atoms with Crippen molar-refractivity contribution in [1.82, 2.24) is 0 Å². The van der Waals surface area contributed by atoms with Gasteiger partial charge in [0.15, 0.2) is 0 Å². The Labute approximate surface area is 142 Å². The van der Waals surface area contributed by atoms with Crippen LogP contribution in [0.2, 0.25) is 0 Å². The summed E-state index contributed by atoms with van der Waals surface area (Å²) in [5, 5.41) is 8.72. The van der Waals surface area contributed by atoms with Crippen LogP contribution < -0.4 is 11.5 Å². The summed E-state index contributed by atoms with van der Waals surface area (Å²) in [4.78, 5) is 0. The molecule has 0 aliphatic heterocycles. The molecule has 0 heterocycles. The van der Waals surface area contributed by atoms with Crippen LogP contribution in [0.25, 0.3) is 0 Å². The van der Waals surface area contributed by atoms with E-state index in [9.17, 15) is 0 Å². The van der Waals surface area contributed by atoms with E-state index in [1.807, 2.05) is 38.1 Å². The van der Waals surface area contributed by atoms with Gasteiger partial charge in [0.05, 0.1) is 24.6 Å². The molecule has 4 N–H and O–H groups in total. The number of ether oxygens (including phenoxy) is 2. The molecule has 0 aliphatic rings. The van der Waals surface area contributed by atoms with Gasteiger partial charge in [-0.3, -0.25) is 0 Å². The Bertz CT molecular complexity index is 701. The summed E-state index contributed by atoms with van der Waals surface area (Å²) in [7, 11) is 0. The van der Waals surface area contributed by atoms with Gasteiger partial charge in [-0.15, -0.1) is 0 Å². The van der Waals surface area contributed by atoms with Crippen LogP contribution in [-0.4, -0.2) is 13.2 Å². The minimum absolute atomic E-state index is 0.443. The zero-order chi connectivity index (χ0) is 17.4. The molecule has 0 fully saturated rings. The van der Waals surface area contributed by atoms with E-state index in [1.165, 1.54) is 0 Å². The lowest BCUT2D eigenvalue weighted by atomic mass is 10.1. The molecule has 0 saturated heterocycles. The Balaban J connectivity index is 2.28. The van der Waals surface area contributed by atoms with E-state index in [0.29, 0.717) is 43.5 Å². The van der Waals surface area contributed by atoms with Gasteiger partial charge in [-0.2, -0.15) is 10.2 Å². The van der Waals surface area contributed by atoms with Crippen molar-refractivity contribution in [2.75, 3.05) is 24.7 Å². The maximum Gasteiger partial charge on any atom is 0.0932 e. The van der Waals surface area contributed by atoms with Crippen LogP contribution >= 0.6 is 0 Å². The average molecular weight is 328 g/mol. The largest absolute Gasteiger partial charge is 0.399 e. The molecule has 6 nitrogen and oxygen atoms in total. The van der Waals surface area contributed by atoms with E-state index in [4.69, 9.17) is 20.9 Å². The minimum atomic E-state index is 0.443. The second-order valence-corrected chi connectivity index (χ2v) is 5.25. The number of benzene rings is 2. The maximum absolute atomic E-state index is 5.86. The first-order valence-electron chi connectivity index (χ1n) is 7.98. The Morgan fingerprint density at radius 1 is 0.750 bits per heavy atom. The highest BCUT2D eigenvalue weighted by molar-refractivity contribution is 5.57. The number of azo groups is 1. The molecule has 128 valence electrons. The molecular weight excluding hydrogens is 304 g/mol. The molecule has 0 amide bonds. The van der Waals surface area contributed by atoms with Crippen LogP contribution in [0.5, 0.6) is 0 Å². The minimum Gasteiger partial charge on any atom is -0.399 e. The van der Waals surface area contributed by atoms with Crippen molar-refractivity contribution < 1.29 is 9.47 Å². The standard InChI is InChI=1S/C18H24N4O2/c1-3-23-11-13-5-6-16(20)10-18(13)22-21-17-8-7-15(19)9-14(17)12-24-4-2/h5-10H,3-4,11-12,19-20H2,1-2H3/b22-21+. The molecule has 2 aromatic rings. The Morgan fingerprint density at radius 2 is 1.33 bits per heavy atom. The highest BCUT2D eigenvalue weighted by atomic mass is 16.5. The van der Waals surface area contributed by atoms with Crippen molar-refractivity contribution in [3.05, 3.63) is 47.5 Å². The quantitative estimate of drug-likeness (QED) is 0.556. The average Bonchev–Trinajstić information content (AvgIpc) is 2.58. The molecule has 24 heavy (non-hydrogen) atoms. The van der Waals surface area contributed by atoms with E-state index in [1.54, 1.807) is 12.1 Å². The highest BCUT2D eigenvalue weighted by Crippen LogP contribution is 2.28. The van der Waals surface area contributed by atoms with Gasteiger partial charge in [-0.1, -0.05) is 6.07 Å². The van der Waals surface area contributed by atoms with Crippen molar-refractivity contribution in [3.8, 4) is 0 Å². The molecule has 0 saturated carbocycles. The lowest BCUT2D eigenvalue weighted by Crippen LogP contribution is -1.95. The predicted molar refractivity (Wildman–Crippen MR) is 96.5 cm³/mol. The van der Waals surface area contributed by atoms with Gasteiger partial charge in [0.2, 0.25) is 0 Å². The predicted octanol–water partition coefficient (Wildman–Crippen LogP) is 4.34. The first kappa shape index (κ1) is 17.9. The third-order valence-corrected chi connectivity index (χ3v) is 3.40. The van der Waals surface area contributed by atoms with E-state index in [2.05, 4.69) is 10.2 Å². The Hall–Kier alpha value is -2.44. The van der Waals surface area contributed by atoms with Crippen LogP contribution in [0, 0.1) is 0 Å². The molecule has 0 radical (unpaired) electrons. The van der Waals surface area contributed by atoms with Crippen LogP contribution in [0.1, 0.15) is 25.0 Å². The van der Waals surface area contributed by atoms with Crippen molar-refractivity contribution in [2.45, 2.75) is 27.1 Å². The van der Waals surface area contributed by atoms with Gasteiger partial charge in [-0.25, -0.2) is 0 Å². The molecule has 0 aliphatic carbocycles. The summed E-state index contributed by atoms with van der Waals surface area (Å²) in [5.74, 6) is 0. The zero-order valence-corrected chi connectivity index (χ0v) is 14.2. The van der Waals surface area contributed by atoms with Crippen LogP contribution in [0.15, 0.2) is 46.6 Å². The second-order valence-electron chi connectivity index (χ2n) is 5.25. The Kier molecular flexibility index (Phi) is 6.72. The van der Waals surface area contributed by atoms with Gasteiger partial charge in [0, 0.05) is 35.7 Å². The van der Waals surface area contributed by atoms with Crippen LogP contribution in [0.4, 0.5) is 22.7 Å². The fourth-order valence-corrected chi connectivity index (χ4v) is 2.15. The molecule has 0 atom stereocenters. The monoisotopic (exact) mass is 328 g/mol. The van der Waals surface area contributed by atoms with E-state index >= 15 is 0 Å². The van der Waals surface area contributed by atoms with E-state index in [-0.39, 0.29) is 0 Å². The molecule has 0 unspecified atom stereocenters. The van der Waals surface area contributed by atoms with Gasteiger partial charge in [-0.05, 0) is 44.2 Å². The molecule has 0 spiro atoms. The fraction of sp³-hybridized carbons (Fsp3) is 0.333. The smallest absolute Gasteiger partial charge is 0.0932 e. The van der Waals surface area contributed by atoms with Crippen molar-refractivity contribution >= 4 is 22.7 Å². The number of anilines is 2. The normalized spacial score (nSPS) is 11.2. The topological polar surface area (TPSA) is 95.2 Å². The van der Waals surface area contributed by atoms with E-state index in [0.717, 1.165) is 16.8 Å². The first-order chi connectivity index (χ1) is 11.6. The first-order valence-corrected chi connectivity index (χ1v) is 7.98. The number of hydrogen-bond donors (Lipinski definition) is 2. The SMILES string of the molecule is CCOCc1cc(N)ccc1/N=N/c1cc(N)ccc1COCC. The van der Waals surface area contributed by atoms with Crippen molar-refractivity contribution in [3.63, 3.8) is 0 Å². The molecule has 0 bridgehead atoms. The number of nitrogens with zero attached hydrogens (tertiary/aromatic N) is 2. The Morgan fingerprint density at radius 3 is 2.04 bits per heavy atom. The van der Waals surface area contributed by atoms with Gasteiger partial charge in [0.1, 0.15) is 0 Å². The van der Waals surface area contributed by atoms with Crippen molar-refractivity contribution in [2.24, 2.45) is 10.2 Å². The number of hydrogen-bond acceptors (Lipinski definition) is 6. The number of rotatable bonds is 8. The lowest BCUT2D eigenvalue weighted by Gasteiger charge is -2.08. The fourth-order valence-electron chi connectivity index (χ4n) is 2.15. The summed E-state index contributed by atoms with van der Waals surface area (Å²) in [6.07, 6.45) is 0. The third-order valence-electron chi connectivity index (χ3n) is 3.40. The summed E-state index contributed by atoms with van der Waals surface area (Å²) in [6, 6.07) is 11.0. The summed E-state index contributed by atoms with van der Waals surface area (Å²) in [5.41, 5.74) is 16.3. The summed E-state index contributed by atoms with van der Waals surface area (Å²) < 4.78 is 10.9. The molecule has 6 heteroatoms. The van der Waals surface area contributed by atoms with Gasteiger partial charge in [0.25, 0.3) is 0 Å². The molecule has 2 rings (SSSR count). The van der Waals surface area contributed by atoms with Gasteiger partial charge < -0.3 is 20.9 Å². The van der Waals surface area contributed by atoms with E-state index < -0.39 is 0 Å². The third kappa shape index (κ3) is 5.04. The summed E-state index contributed by atoms with van der Waals surface area (Å²) >= 11 is 0. The maximum atomic E-state index is 5.86.